The minimum atomic E-state index is -0.404. The lowest BCUT2D eigenvalue weighted by Crippen LogP contribution is -2.35. The summed E-state index contributed by atoms with van der Waals surface area (Å²) in [6.45, 7) is 3.88. The number of hydrogen-bond donors (Lipinski definition) is 2. The van der Waals surface area contributed by atoms with Crippen molar-refractivity contribution < 1.29 is 19.2 Å². The number of benzene rings is 5. The van der Waals surface area contributed by atoms with Crippen LogP contribution in [0.4, 0.5) is 0 Å². The Balaban J connectivity index is 1.88. The summed E-state index contributed by atoms with van der Waals surface area (Å²) in [6.07, 6.45) is 0. The van der Waals surface area contributed by atoms with Crippen LogP contribution in [0.1, 0.15) is 52.6 Å². The summed E-state index contributed by atoms with van der Waals surface area (Å²) in [5.41, 5.74) is 3.71. The van der Waals surface area contributed by atoms with Gasteiger partial charge in [-0.05, 0) is 81.6 Å². The molecule has 2 aliphatic heterocycles. The Morgan fingerprint density at radius 3 is 1.25 bits per heavy atom. The van der Waals surface area contributed by atoms with Crippen LogP contribution in [-0.2, 0) is 0 Å². The fourth-order valence-corrected chi connectivity index (χ4v) is 5.72. The molecule has 0 unspecified atom stereocenters. The first-order chi connectivity index (χ1) is 15.4. The van der Waals surface area contributed by atoms with Crippen molar-refractivity contribution in [1.82, 2.24) is 10.6 Å². The standard InChI is InChI=1S/C26H14N2O4/c1-9-7-15-19-13(23(29)27-25(15)31)6-4-12-18-10(2)8-16-20-14(24(30)28-26(16)32)5-3-11(22(18)20)17(9)21(12)19/h3-8H,1-2H3,(H,27,29,31)(H,28,30,32). The predicted molar refractivity (Wildman–Crippen MR) is 121 cm³/mol. The van der Waals surface area contributed by atoms with Gasteiger partial charge in [-0.3, -0.25) is 29.8 Å². The van der Waals surface area contributed by atoms with Gasteiger partial charge in [0, 0.05) is 33.0 Å². The molecule has 2 aliphatic rings. The number of fused-ring (bicyclic) bond motifs is 2. The summed E-state index contributed by atoms with van der Waals surface area (Å²) >= 11 is 0. The van der Waals surface area contributed by atoms with Gasteiger partial charge in [-0.25, -0.2) is 0 Å². The molecular formula is C26H14N2O4. The van der Waals surface area contributed by atoms with Crippen molar-refractivity contribution in [3.8, 4) is 0 Å². The lowest BCUT2D eigenvalue weighted by atomic mass is 9.80. The third-order valence-electron chi connectivity index (χ3n) is 6.93. The monoisotopic (exact) mass is 418 g/mol. The topological polar surface area (TPSA) is 92.3 Å². The van der Waals surface area contributed by atoms with Crippen LogP contribution in [0.3, 0.4) is 0 Å². The lowest BCUT2D eigenvalue weighted by Gasteiger charge is -2.25. The number of imide groups is 2. The highest BCUT2D eigenvalue weighted by Gasteiger charge is 2.32. The molecule has 6 heteroatoms. The first kappa shape index (κ1) is 17.4. The summed E-state index contributed by atoms with van der Waals surface area (Å²) in [5.74, 6) is -1.61. The van der Waals surface area contributed by atoms with E-state index in [1.165, 1.54) is 0 Å². The number of carbonyl (C=O) groups excluding carboxylic acids is 4. The number of hydrogen-bond acceptors (Lipinski definition) is 4. The fourth-order valence-electron chi connectivity index (χ4n) is 5.72. The van der Waals surface area contributed by atoms with E-state index in [-0.39, 0.29) is 0 Å². The minimum absolute atomic E-state index is 0.399. The molecule has 0 fully saturated rings. The molecule has 0 spiro atoms. The largest absolute Gasteiger partial charge is 0.288 e. The summed E-state index contributed by atoms with van der Waals surface area (Å²) in [5, 5.41) is 11.6. The van der Waals surface area contributed by atoms with E-state index < -0.39 is 23.6 Å². The van der Waals surface area contributed by atoms with Crippen molar-refractivity contribution in [2.45, 2.75) is 13.8 Å². The quantitative estimate of drug-likeness (QED) is 0.225. The second-order valence-corrected chi connectivity index (χ2v) is 8.62. The third-order valence-corrected chi connectivity index (χ3v) is 6.93. The Labute approximate surface area is 180 Å². The van der Waals surface area contributed by atoms with E-state index in [1.807, 2.05) is 38.1 Å². The molecule has 0 aromatic heterocycles. The maximum absolute atomic E-state index is 12.7. The lowest BCUT2D eigenvalue weighted by molar-refractivity contribution is 0.0828. The van der Waals surface area contributed by atoms with E-state index in [9.17, 15) is 19.2 Å². The highest BCUT2D eigenvalue weighted by molar-refractivity contribution is 6.42. The highest BCUT2D eigenvalue weighted by Crippen LogP contribution is 2.47. The van der Waals surface area contributed by atoms with Crippen LogP contribution in [-0.4, -0.2) is 23.6 Å². The maximum Gasteiger partial charge on any atom is 0.258 e. The molecule has 32 heavy (non-hydrogen) atoms. The SMILES string of the molecule is Cc1cc2c3c(ccc4c5c(C)cc6c7c(ccc(c1c34)c75)C(=O)NC6=O)C(=O)NC2=O. The van der Waals surface area contributed by atoms with Crippen molar-refractivity contribution in [1.29, 1.82) is 0 Å². The van der Waals surface area contributed by atoms with Gasteiger partial charge in [0.2, 0.25) is 0 Å². The highest BCUT2D eigenvalue weighted by atomic mass is 16.2. The van der Waals surface area contributed by atoms with Crippen LogP contribution >= 0.6 is 0 Å². The zero-order valence-corrected chi connectivity index (χ0v) is 17.1. The van der Waals surface area contributed by atoms with Crippen molar-refractivity contribution in [3.05, 3.63) is 69.8 Å². The van der Waals surface area contributed by atoms with E-state index in [4.69, 9.17) is 0 Å². The summed E-state index contributed by atoms with van der Waals surface area (Å²) in [4.78, 5) is 50.5. The first-order valence-electron chi connectivity index (χ1n) is 10.3. The summed E-state index contributed by atoms with van der Waals surface area (Å²) in [7, 11) is 0. The molecule has 5 aromatic carbocycles. The molecule has 152 valence electrons. The van der Waals surface area contributed by atoms with Crippen molar-refractivity contribution in [2.75, 3.05) is 0 Å². The van der Waals surface area contributed by atoms with Crippen LogP contribution in [0.15, 0.2) is 36.4 Å². The minimum Gasteiger partial charge on any atom is -0.288 e. The smallest absolute Gasteiger partial charge is 0.258 e. The van der Waals surface area contributed by atoms with Gasteiger partial charge in [-0.1, -0.05) is 12.1 Å². The normalized spacial score (nSPS) is 15.3. The van der Waals surface area contributed by atoms with Gasteiger partial charge in [0.05, 0.1) is 0 Å². The van der Waals surface area contributed by atoms with Crippen molar-refractivity contribution >= 4 is 66.7 Å². The molecule has 5 aromatic rings. The number of rotatable bonds is 0. The summed E-state index contributed by atoms with van der Waals surface area (Å²) in [6, 6.07) is 10.9. The van der Waals surface area contributed by atoms with E-state index in [0.29, 0.717) is 33.0 Å². The Morgan fingerprint density at radius 1 is 0.469 bits per heavy atom. The molecule has 4 amide bonds. The number of aryl methyl sites for hydroxylation is 2. The van der Waals surface area contributed by atoms with Gasteiger partial charge in [0.1, 0.15) is 0 Å². The fraction of sp³-hybridized carbons (Fsp3) is 0.0769. The van der Waals surface area contributed by atoms with E-state index in [2.05, 4.69) is 10.6 Å². The number of nitrogens with one attached hydrogen (secondary N) is 2. The molecule has 0 radical (unpaired) electrons. The molecule has 2 N–H and O–H groups in total. The molecule has 0 bridgehead atoms. The van der Waals surface area contributed by atoms with Gasteiger partial charge in [0.25, 0.3) is 23.6 Å². The summed E-state index contributed by atoms with van der Waals surface area (Å²) < 4.78 is 0. The van der Waals surface area contributed by atoms with Crippen LogP contribution in [0, 0.1) is 13.8 Å². The van der Waals surface area contributed by atoms with E-state index in [1.54, 1.807) is 12.1 Å². The van der Waals surface area contributed by atoms with Crippen LogP contribution < -0.4 is 10.6 Å². The molecule has 2 heterocycles. The third kappa shape index (κ3) is 1.78. The second kappa shape index (κ2) is 5.29. The average molecular weight is 418 g/mol. The number of amides is 4. The molecule has 0 atom stereocenters. The first-order valence-corrected chi connectivity index (χ1v) is 10.3. The zero-order chi connectivity index (χ0) is 22.0. The van der Waals surface area contributed by atoms with Gasteiger partial charge in [-0.15, -0.1) is 0 Å². The van der Waals surface area contributed by atoms with Crippen LogP contribution in [0.2, 0.25) is 0 Å². The Hall–Kier alpha value is -4.32. The molecule has 0 saturated carbocycles. The molecular weight excluding hydrogens is 404 g/mol. The molecule has 6 nitrogen and oxygen atoms in total. The van der Waals surface area contributed by atoms with E-state index in [0.717, 1.165) is 43.4 Å². The molecule has 0 aliphatic carbocycles. The number of carbonyl (C=O) groups is 4. The second-order valence-electron chi connectivity index (χ2n) is 8.62. The van der Waals surface area contributed by atoms with Gasteiger partial charge in [0.15, 0.2) is 0 Å². The average Bonchev–Trinajstić information content (AvgIpc) is 2.76. The molecule has 0 saturated heterocycles. The molecule has 7 rings (SSSR count). The Kier molecular flexibility index (Phi) is 2.87. The Bertz CT molecular complexity index is 1680. The van der Waals surface area contributed by atoms with Crippen molar-refractivity contribution in [2.24, 2.45) is 0 Å². The van der Waals surface area contributed by atoms with Crippen LogP contribution in [0.25, 0.3) is 43.1 Å². The van der Waals surface area contributed by atoms with Gasteiger partial charge >= 0.3 is 0 Å². The van der Waals surface area contributed by atoms with Gasteiger partial charge < -0.3 is 0 Å². The van der Waals surface area contributed by atoms with Gasteiger partial charge in [-0.2, -0.15) is 0 Å². The zero-order valence-electron chi connectivity index (χ0n) is 17.1. The predicted octanol–water partition coefficient (Wildman–Crippen LogP) is 4.12. The Morgan fingerprint density at radius 2 is 0.844 bits per heavy atom. The van der Waals surface area contributed by atoms with Crippen LogP contribution in [0.5, 0.6) is 0 Å². The maximum atomic E-state index is 12.7. The van der Waals surface area contributed by atoms with Crippen molar-refractivity contribution in [3.63, 3.8) is 0 Å². The van der Waals surface area contributed by atoms with E-state index >= 15 is 0 Å².